The maximum atomic E-state index is 13.4. The Hall–Kier alpha value is -3.84. The zero-order valence-electron chi connectivity index (χ0n) is 19.2. The van der Waals surface area contributed by atoms with Gasteiger partial charge in [-0.05, 0) is 62.7 Å². The molecule has 172 valence electrons. The summed E-state index contributed by atoms with van der Waals surface area (Å²) in [5, 5.41) is 4.36. The van der Waals surface area contributed by atoms with Gasteiger partial charge in [-0.3, -0.25) is 9.36 Å². The molecule has 0 amide bonds. The maximum Gasteiger partial charge on any atom is 0.326 e. The fourth-order valence-corrected chi connectivity index (χ4v) is 4.44. The molecule has 7 nitrogen and oxygen atoms in total. The molecule has 0 aliphatic heterocycles. The van der Waals surface area contributed by atoms with Crippen LogP contribution >= 0.6 is 11.6 Å². The first-order chi connectivity index (χ1) is 16.2. The van der Waals surface area contributed by atoms with Crippen molar-refractivity contribution < 1.29 is 4.42 Å². The van der Waals surface area contributed by atoms with Crippen molar-refractivity contribution in [1.82, 2.24) is 14.5 Å². The van der Waals surface area contributed by atoms with Crippen molar-refractivity contribution in [3.63, 3.8) is 0 Å². The van der Waals surface area contributed by atoms with Gasteiger partial charge in [0.15, 0.2) is 5.43 Å². The minimum Gasteiger partial charge on any atom is -0.455 e. The highest BCUT2D eigenvalue weighted by atomic mass is 35.5. The summed E-state index contributed by atoms with van der Waals surface area (Å²) in [5.74, 6) is 0.481. The number of anilines is 1. The van der Waals surface area contributed by atoms with Gasteiger partial charge in [0.1, 0.15) is 16.5 Å². The highest BCUT2D eigenvalue weighted by molar-refractivity contribution is 6.29. The number of aromatic amines is 1. The van der Waals surface area contributed by atoms with Gasteiger partial charge >= 0.3 is 5.69 Å². The van der Waals surface area contributed by atoms with E-state index >= 15 is 0 Å². The van der Waals surface area contributed by atoms with Crippen molar-refractivity contribution in [1.29, 1.82) is 0 Å². The summed E-state index contributed by atoms with van der Waals surface area (Å²) in [5.41, 5.74) is 5.58. The van der Waals surface area contributed by atoms with E-state index in [2.05, 4.69) is 15.3 Å². The largest absolute Gasteiger partial charge is 0.455 e. The molecule has 0 aliphatic rings. The van der Waals surface area contributed by atoms with Gasteiger partial charge in [0, 0.05) is 23.7 Å². The number of rotatable bonds is 4. The molecule has 3 heterocycles. The van der Waals surface area contributed by atoms with Crippen LogP contribution in [0.1, 0.15) is 29.7 Å². The summed E-state index contributed by atoms with van der Waals surface area (Å²) in [6.07, 6.45) is 1.67. The van der Waals surface area contributed by atoms with E-state index in [1.807, 2.05) is 50.2 Å². The van der Waals surface area contributed by atoms with Gasteiger partial charge in [-0.1, -0.05) is 17.7 Å². The lowest BCUT2D eigenvalue weighted by atomic mass is 9.98. The molecule has 0 saturated heterocycles. The van der Waals surface area contributed by atoms with E-state index < -0.39 is 0 Å². The third-order valence-electron chi connectivity index (χ3n) is 6.14. The molecule has 0 saturated carbocycles. The minimum atomic E-state index is -0.196. The molecule has 34 heavy (non-hydrogen) atoms. The molecule has 0 spiro atoms. The number of imidazole rings is 1. The van der Waals surface area contributed by atoms with Crippen molar-refractivity contribution >= 4 is 39.3 Å². The molecule has 1 atom stereocenters. The summed E-state index contributed by atoms with van der Waals surface area (Å²) in [6, 6.07) is 12.8. The highest BCUT2D eigenvalue weighted by Gasteiger charge is 2.19. The number of aryl methyl sites for hydroxylation is 2. The molecule has 2 aromatic carbocycles. The Balaban J connectivity index is 1.68. The molecule has 0 aliphatic carbocycles. The average Bonchev–Trinajstić information content (AvgIpc) is 3.10. The van der Waals surface area contributed by atoms with Crippen LogP contribution in [-0.4, -0.2) is 14.5 Å². The van der Waals surface area contributed by atoms with Gasteiger partial charge in [-0.25, -0.2) is 9.78 Å². The first-order valence-electron chi connectivity index (χ1n) is 10.9. The minimum absolute atomic E-state index is 0.0804. The molecule has 8 heteroatoms. The Morgan fingerprint density at radius 1 is 1.12 bits per heavy atom. The van der Waals surface area contributed by atoms with Crippen LogP contribution in [0.25, 0.3) is 33.3 Å². The lowest BCUT2D eigenvalue weighted by Crippen LogP contribution is -2.12. The number of pyridine rings is 1. The summed E-state index contributed by atoms with van der Waals surface area (Å²) in [4.78, 5) is 32.4. The molecule has 2 N–H and O–H groups in total. The Bertz CT molecular complexity index is 1680. The summed E-state index contributed by atoms with van der Waals surface area (Å²) in [7, 11) is 1.71. The van der Waals surface area contributed by atoms with Crippen LogP contribution < -0.4 is 16.4 Å². The number of nitrogens with zero attached hydrogens (tertiary/aromatic N) is 2. The van der Waals surface area contributed by atoms with Gasteiger partial charge in [0.05, 0.1) is 34.3 Å². The molecule has 5 rings (SSSR count). The Morgan fingerprint density at radius 2 is 1.91 bits per heavy atom. The number of benzene rings is 2. The Labute approximate surface area is 200 Å². The van der Waals surface area contributed by atoms with Gasteiger partial charge in [-0.15, -0.1) is 0 Å². The zero-order chi connectivity index (χ0) is 24.1. The van der Waals surface area contributed by atoms with Gasteiger partial charge < -0.3 is 14.7 Å². The second kappa shape index (κ2) is 8.18. The number of fused-ring (bicyclic) bond motifs is 2. The van der Waals surface area contributed by atoms with Gasteiger partial charge in [0.2, 0.25) is 0 Å². The summed E-state index contributed by atoms with van der Waals surface area (Å²) >= 11 is 5.91. The lowest BCUT2D eigenvalue weighted by Gasteiger charge is -2.18. The van der Waals surface area contributed by atoms with E-state index in [1.54, 1.807) is 30.8 Å². The quantitative estimate of drug-likeness (QED) is 0.336. The average molecular weight is 475 g/mol. The third-order valence-corrected chi connectivity index (χ3v) is 6.36. The van der Waals surface area contributed by atoms with E-state index in [0.717, 1.165) is 27.9 Å². The monoisotopic (exact) mass is 474 g/mol. The molecule has 0 unspecified atom stereocenters. The first-order valence-corrected chi connectivity index (χ1v) is 11.3. The standard InChI is InChI=1S/C26H23ClN4O3/c1-13-9-18(15(3)29-17-6-8-22(27)28-12-17)25-19(10-13)23(32)14(2)24(34-25)16-5-7-21-20(11-16)30-26(33)31(21)4/h5-12,15,29H,1-4H3,(H,30,33)/t15-/m1/s1. The Morgan fingerprint density at radius 3 is 2.65 bits per heavy atom. The SMILES string of the molecule is Cc1cc([C@@H](C)Nc2ccc(Cl)nc2)c2oc(-c3ccc4c(c3)[nH]c(=O)n4C)c(C)c(=O)c2c1. The van der Waals surface area contributed by atoms with Crippen LogP contribution in [0.4, 0.5) is 5.69 Å². The predicted octanol–water partition coefficient (Wildman–Crippen LogP) is 5.48. The number of hydrogen-bond donors (Lipinski definition) is 2. The van der Waals surface area contributed by atoms with Crippen molar-refractivity contribution in [3.8, 4) is 11.3 Å². The molecule has 3 aromatic heterocycles. The van der Waals surface area contributed by atoms with Crippen LogP contribution in [0.2, 0.25) is 5.15 Å². The van der Waals surface area contributed by atoms with Gasteiger partial charge in [0.25, 0.3) is 0 Å². The molecule has 0 fully saturated rings. The van der Waals surface area contributed by atoms with E-state index in [9.17, 15) is 9.59 Å². The maximum absolute atomic E-state index is 13.4. The van der Waals surface area contributed by atoms with E-state index in [1.165, 1.54) is 0 Å². The second-order valence-corrected chi connectivity index (χ2v) is 8.96. The highest BCUT2D eigenvalue weighted by Crippen LogP contribution is 2.33. The van der Waals surface area contributed by atoms with Crippen molar-refractivity contribution in [2.75, 3.05) is 5.32 Å². The number of hydrogen-bond acceptors (Lipinski definition) is 5. The number of aromatic nitrogens is 3. The summed E-state index contributed by atoms with van der Waals surface area (Å²) in [6.45, 7) is 5.73. The number of nitrogens with one attached hydrogen (secondary N) is 2. The molecule has 0 radical (unpaired) electrons. The molecule has 5 aromatic rings. The van der Waals surface area contributed by atoms with Crippen LogP contribution in [-0.2, 0) is 7.05 Å². The smallest absolute Gasteiger partial charge is 0.326 e. The normalized spacial score (nSPS) is 12.4. The van der Waals surface area contributed by atoms with E-state index in [0.29, 0.717) is 33.0 Å². The topological polar surface area (TPSA) is 92.9 Å². The van der Waals surface area contributed by atoms with Crippen molar-refractivity contribution in [2.24, 2.45) is 7.05 Å². The number of H-pyrrole nitrogens is 1. The first kappa shape index (κ1) is 22.0. The number of halogens is 1. The molecular weight excluding hydrogens is 452 g/mol. The lowest BCUT2D eigenvalue weighted by molar-refractivity contribution is 0.605. The molecule has 0 bridgehead atoms. The van der Waals surface area contributed by atoms with Crippen LogP contribution in [0.15, 0.2) is 62.7 Å². The summed E-state index contributed by atoms with van der Waals surface area (Å²) < 4.78 is 7.98. The van der Waals surface area contributed by atoms with Crippen molar-refractivity contribution in [3.05, 3.63) is 91.2 Å². The fourth-order valence-electron chi connectivity index (χ4n) is 4.33. The van der Waals surface area contributed by atoms with Crippen molar-refractivity contribution in [2.45, 2.75) is 26.8 Å². The zero-order valence-corrected chi connectivity index (χ0v) is 19.9. The Kier molecular flexibility index (Phi) is 5.29. The molecular formula is C26H23ClN4O3. The van der Waals surface area contributed by atoms with Gasteiger partial charge in [-0.2, -0.15) is 0 Å². The van der Waals surface area contributed by atoms with E-state index in [4.69, 9.17) is 16.0 Å². The van der Waals surface area contributed by atoms with Crippen LogP contribution in [0.3, 0.4) is 0 Å². The second-order valence-electron chi connectivity index (χ2n) is 8.57. The predicted molar refractivity (Wildman–Crippen MR) is 136 cm³/mol. The van der Waals surface area contributed by atoms with Crippen LogP contribution in [0.5, 0.6) is 0 Å². The third kappa shape index (κ3) is 3.68. The van der Waals surface area contributed by atoms with Crippen LogP contribution in [0, 0.1) is 13.8 Å². The van der Waals surface area contributed by atoms with E-state index in [-0.39, 0.29) is 17.2 Å². The fraction of sp³-hybridized carbons (Fsp3) is 0.192.